The normalized spacial score (nSPS) is 24.9. The molecule has 2 aromatic carbocycles. The molecule has 0 N–H and O–H groups in total. The van der Waals surface area contributed by atoms with Crippen molar-refractivity contribution < 1.29 is 28.6 Å². The molecule has 3 heterocycles. The number of ether oxygens (including phenoxy) is 3. The van der Waals surface area contributed by atoms with Crippen molar-refractivity contribution in [1.82, 2.24) is 9.80 Å². The number of piperidine rings is 1. The summed E-state index contributed by atoms with van der Waals surface area (Å²) in [7, 11) is 0. The first-order valence-electron chi connectivity index (χ1n) is 13.2. The van der Waals surface area contributed by atoms with Crippen LogP contribution in [-0.4, -0.2) is 65.3 Å². The molecule has 196 valence electrons. The van der Waals surface area contributed by atoms with Gasteiger partial charge in [0.2, 0.25) is 0 Å². The smallest absolute Gasteiger partial charge is 0.410 e. The maximum atomic E-state index is 13.5. The Morgan fingerprint density at radius 2 is 1.62 bits per heavy atom. The highest BCUT2D eigenvalue weighted by Gasteiger charge is 2.57. The van der Waals surface area contributed by atoms with E-state index in [1.165, 1.54) is 4.90 Å². The average Bonchev–Trinajstić information content (AvgIpc) is 3.15. The average molecular weight is 507 g/mol. The second kappa shape index (κ2) is 10.6. The monoisotopic (exact) mass is 506 g/mol. The Hall–Kier alpha value is -3.23. The van der Waals surface area contributed by atoms with Crippen LogP contribution in [-0.2, 0) is 20.8 Å². The molecule has 2 fully saturated rings. The van der Waals surface area contributed by atoms with Gasteiger partial charge in [-0.3, -0.25) is 14.5 Å². The van der Waals surface area contributed by atoms with Crippen molar-refractivity contribution >= 4 is 17.9 Å². The Morgan fingerprint density at radius 1 is 1.00 bits per heavy atom. The fourth-order valence-corrected chi connectivity index (χ4v) is 6.01. The number of hydrogen-bond acceptors (Lipinski definition) is 6. The van der Waals surface area contributed by atoms with Gasteiger partial charge in [0.15, 0.2) is 5.79 Å². The Morgan fingerprint density at radius 3 is 2.24 bits per heavy atom. The minimum atomic E-state index is -0.983. The van der Waals surface area contributed by atoms with E-state index in [2.05, 4.69) is 6.92 Å². The standard InChI is InChI=1S/C29H34N2O6/c1-3-10-25-24(18-30-26(32)22-13-7-8-14-23(22)27(30)33)29(36-15-9-16-37-29)17-20(2)31(25)28(34)35-19-21-11-5-4-6-12-21/h4-8,11-14,20,24-25H,3,9-10,15-19H2,1-2H3/t20-,24+,25+/m1/s1. The third kappa shape index (κ3) is 4.76. The molecular formula is C29H34N2O6. The number of carbonyl (C=O) groups excluding carboxylic acids is 3. The molecule has 0 aromatic heterocycles. The molecule has 8 heteroatoms. The lowest BCUT2D eigenvalue weighted by Gasteiger charge is -2.55. The highest BCUT2D eigenvalue weighted by molar-refractivity contribution is 6.21. The summed E-state index contributed by atoms with van der Waals surface area (Å²) in [6, 6.07) is 15.9. The summed E-state index contributed by atoms with van der Waals surface area (Å²) in [6.45, 7) is 5.37. The quantitative estimate of drug-likeness (QED) is 0.531. The van der Waals surface area contributed by atoms with Crippen LogP contribution >= 0.6 is 0 Å². The predicted molar refractivity (Wildman–Crippen MR) is 136 cm³/mol. The predicted octanol–water partition coefficient (Wildman–Crippen LogP) is 4.63. The Kier molecular flexibility index (Phi) is 7.31. The van der Waals surface area contributed by atoms with E-state index >= 15 is 0 Å². The van der Waals surface area contributed by atoms with Crippen LogP contribution in [0.3, 0.4) is 0 Å². The number of fused-ring (bicyclic) bond motifs is 1. The van der Waals surface area contributed by atoms with Gasteiger partial charge in [-0.1, -0.05) is 55.8 Å². The summed E-state index contributed by atoms with van der Waals surface area (Å²) in [5.74, 6) is -2.05. The molecule has 1 spiro atoms. The highest BCUT2D eigenvalue weighted by atomic mass is 16.7. The molecule has 2 aromatic rings. The first-order valence-corrected chi connectivity index (χ1v) is 13.2. The van der Waals surface area contributed by atoms with Crippen LogP contribution in [0.1, 0.15) is 65.8 Å². The minimum absolute atomic E-state index is 0.103. The van der Waals surface area contributed by atoms with Crippen LogP contribution in [0.2, 0.25) is 0 Å². The summed E-state index contributed by atoms with van der Waals surface area (Å²) in [5, 5.41) is 0. The number of rotatable bonds is 6. The van der Waals surface area contributed by atoms with Gasteiger partial charge < -0.3 is 19.1 Å². The molecule has 8 nitrogen and oxygen atoms in total. The molecule has 0 radical (unpaired) electrons. The van der Waals surface area contributed by atoms with E-state index in [4.69, 9.17) is 14.2 Å². The largest absolute Gasteiger partial charge is 0.445 e. The molecule has 37 heavy (non-hydrogen) atoms. The third-order valence-corrected chi connectivity index (χ3v) is 7.68. The number of nitrogens with zero attached hydrogens (tertiary/aromatic N) is 2. The van der Waals surface area contributed by atoms with E-state index in [0.29, 0.717) is 37.2 Å². The summed E-state index contributed by atoms with van der Waals surface area (Å²) in [4.78, 5) is 43.1. The SMILES string of the molecule is CCC[C@H]1[C@H](CN2C(=O)c3ccccc3C2=O)C2(C[C@@H](C)N1C(=O)OCc1ccccc1)OCCCO2. The van der Waals surface area contributed by atoms with Crippen molar-refractivity contribution in [2.24, 2.45) is 5.92 Å². The van der Waals surface area contributed by atoms with Crippen molar-refractivity contribution in [2.75, 3.05) is 19.8 Å². The first-order chi connectivity index (χ1) is 17.9. The van der Waals surface area contributed by atoms with Gasteiger partial charge in [-0.05, 0) is 37.5 Å². The first kappa shape index (κ1) is 25.4. The molecule has 3 amide bonds. The Labute approximate surface area is 217 Å². The van der Waals surface area contributed by atoms with Crippen LogP contribution in [0.15, 0.2) is 54.6 Å². The summed E-state index contributed by atoms with van der Waals surface area (Å²) >= 11 is 0. The van der Waals surface area contributed by atoms with Crippen molar-refractivity contribution in [1.29, 1.82) is 0 Å². The molecule has 0 bridgehead atoms. The van der Waals surface area contributed by atoms with Gasteiger partial charge in [0.1, 0.15) is 6.61 Å². The van der Waals surface area contributed by atoms with Gasteiger partial charge in [-0.15, -0.1) is 0 Å². The highest BCUT2D eigenvalue weighted by Crippen LogP contribution is 2.44. The van der Waals surface area contributed by atoms with Crippen LogP contribution in [0, 0.1) is 5.92 Å². The summed E-state index contributed by atoms with van der Waals surface area (Å²) in [5.41, 5.74) is 1.72. The summed E-state index contributed by atoms with van der Waals surface area (Å²) < 4.78 is 18.4. The molecule has 0 saturated carbocycles. The van der Waals surface area contributed by atoms with Gasteiger partial charge in [0.05, 0.1) is 30.3 Å². The topological polar surface area (TPSA) is 85.4 Å². The molecule has 0 aliphatic carbocycles. The molecule has 5 rings (SSSR count). The molecule has 2 saturated heterocycles. The third-order valence-electron chi connectivity index (χ3n) is 7.68. The van der Waals surface area contributed by atoms with Crippen LogP contribution in [0.25, 0.3) is 0 Å². The molecule has 3 aliphatic heterocycles. The van der Waals surface area contributed by atoms with Crippen LogP contribution < -0.4 is 0 Å². The fraction of sp³-hybridized carbons (Fsp3) is 0.483. The molecule has 3 aliphatic rings. The van der Waals surface area contributed by atoms with E-state index in [1.807, 2.05) is 37.3 Å². The van der Waals surface area contributed by atoms with Crippen LogP contribution in [0.5, 0.6) is 0 Å². The number of benzene rings is 2. The fourth-order valence-electron chi connectivity index (χ4n) is 6.01. The van der Waals surface area contributed by atoms with Crippen molar-refractivity contribution in [2.45, 2.75) is 64.0 Å². The number of likely N-dealkylation sites (tertiary alicyclic amines) is 1. The van der Waals surface area contributed by atoms with Gasteiger partial charge >= 0.3 is 6.09 Å². The molecule has 3 atom stereocenters. The van der Waals surface area contributed by atoms with Crippen molar-refractivity contribution in [3.05, 3.63) is 71.3 Å². The lowest BCUT2D eigenvalue weighted by atomic mass is 9.77. The number of amides is 3. The van der Waals surface area contributed by atoms with Gasteiger partial charge in [-0.25, -0.2) is 4.79 Å². The van der Waals surface area contributed by atoms with Gasteiger partial charge in [-0.2, -0.15) is 0 Å². The maximum absolute atomic E-state index is 13.5. The van der Waals surface area contributed by atoms with Gasteiger partial charge in [0, 0.05) is 25.0 Å². The van der Waals surface area contributed by atoms with E-state index < -0.39 is 17.8 Å². The number of hydrogen-bond donors (Lipinski definition) is 0. The van der Waals surface area contributed by atoms with E-state index in [9.17, 15) is 14.4 Å². The molecular weight excluding hydrogens is 472 g/mol. The Bertz CT molecular complexity index is 1110. The minimum Gasteiger partial charge on any atom is -0.445 e. The second-order valence-electron chi connectivity index (χ2n) is 10.1. The van der Waals surface area contributed by atoms with Crippen molar-refractivity contribution in [3.63, 3.8) is 0 Å². The van der Waals surface area contributed by atoms with E-state index in [0.717, 1.165) is 18.4 Å². The number of imide groups is 1. The van der Waals surface area contributed by atoms with E-state index in [1.54, 1.807) is 29.2 Å². The number of carbonyl (C=O) groups is 3. The lowest BCUT2D eigenvalue weighted by molar-refractivity contribution is -0.322. The summed E-state index contributed by atoms with van der Waals surface area (Å²) in [6.07, 6.45) is 2.26. The van der Waals surface area contributed by atoms with Crippen molar-refractivity contribution in [3.8, 4) is 0 Å². The van der Waals surface area contributed by atoms with Crippen LogP contribution in [0.4, 0.5) is 4.79 Å². The second-order valence-corrected chi connectivity index (χ2v) is 10.1. The zero-order chi connectivity index (χ0) is 26.0. The Balaban J connectivity index is 1.45. The van der Waals surface area contributed by atoms with Gasteiger partial charge in [0.25, 0.3) is 11.8 Å². The zero-order valence-electron chi connectivity index (χ0n) is 21.4. The molecule has 0 unspecified atom stereocenters. The maximum Gasteiger partial charge on any atom is 0.410 e. The van der Waals surface area contributed by atoms with E-state index in [-0.39, 0.29) is 37.0 Å². The zero-order valence-corrected chi connectivity index (χ0v) is 21.4. The lowest BCUT2D eigenvalue weighted by Crippen LogP contribution is -2.67.